The highest BCUT2D eigenvalue weighted by atomic mass is 16.5. The fourth-order valence-corrected chi connectivity index (χ4v) is 4.22. The summed E-state index contributed by atoms with van der Waals surface area (Å²) in [4.78, 5) is 20.1. The van der Waals surface area contributed by atoms with Gasteiger partial charge in [-0.1, -0.05) is 24.9 Å². The van der Waals surface area contributed by atoms with Crippen LogP contribution in [-0.4, -0.2) is 39.9 Å². The topological polar surface area (TPSA) is 108 Å². The third-order valence-corrected chi connectivity index (χ3v) is 5.81. The van der Waals surface area contributed by atoms with E-state index in [1.165, 1.54) is 12.8 Å². The zero-order chi connectivity index (χ0) is 22.7. The molecule has 1 N–H and O–H groups in total. The highest BCUT2D eigenvalue weighted by Gasteiger charge is 2.22. The third-order valence-electron chi connectivity index (χ3n) is 5.81. The van der Waals surface area contributed by atoms with Gasteiger partial charge in [0.2, 0.25) is 11.7 Å². The number of carboxylic acids is 1. The molecular weight excluding hydrogens is 410 g/mol. The molecule has 8 nitrogen and oxygen atoms in total. The van der Waals surface area contributed by atoms with Gasteiger partial charge in [0, 0.05) is 28.8 Å². The molecule has 1 aliphatic rings. The van der Waals surface area contributed by atoms with Gasteiger partial charge in [-0.15, -0.1) is 0 Å². The number of pyridine rings is 1. The van der Waals surface area contributed by atoms with Crippen molar-refractivity contribution >= 4 is 5.97 Å². The molecule has 168 valence electrons. The van der Waals surface area contributed by atoms with Crippen molar-refractivity contribution in [3.8, 4) is 34.5 Å². The number of nitrogens with zero attached hydrogens (tertiary/aromatic N) is 3. The Hall–Kier alpha value is -3.42. The molecule has 32 heavy (non-hydrogen) atoms. The van der Waals surface area contributed by atoms with Crippen molar-refractivity contribution in [1.82, 2.24) is 15.1 Å². The van der Waals surface area contributed by atoms with E-state index in [4.69, 9.17) is 19.1 Å². The van der Waals surface area contributed by atoms with Crippen molar-refractivity contribution in [3.05, 3.63) is 41.1 Å². The fourth-order valence-electron chi connectivity index (χ4n) is 4.22. The molecule has 8 heteroatoms. The number of carboxylic acid groups (broad SMARTS) is 1. The Balaban J connectivity index is 1.66. The number of aromatic nitrogens is 3. The Morgan fingerprint density at radius 3 is 2.62 bits per heavy atom. The van der Waals surface area contributed by atoms with E-state index in [9.17, 15) is 4.79 Å². The van der Waals surface area contributed by atoms with Crippen LogP contribution in [-0.2, 0) is 11.2 Å². The van der Waals surface area contributed by atoms with Crippen LogP contribution in [0.2, 0.25) is 0 Å². The molecule has 2 aromatic heterocycles. The summed E-state index contributed by atoms with van der Waals surface area (Å²) < 4.78 is 16.5. The SMILES string of the molecule is CCc1cc(-c2noc(-c3cc(OC)nc(C4CCCC4)c3)n2)cc(C)c1OCC(=O)O. The minimum absolute atomic E-state index is 0.382. The molecule has 0 unspecified atom stereocenters. The molecule has 0 spiro atoms. The Morgan fingerprint density at radius 1 is 1.16 bits per heavy atom. The number of methoxy groups -OCH3 is 1. The van der Waals surface area contributed by atoms with E-state index in [0.29, 0.717) is 35.7 Å². The van der Waals surface area contributed by atoms with Crippen LogP contribution in [0.5, 0.6) is 11.6 Å². The van der Waals surface area contributed by atoms with Crippen LogP contribution < -0.4 is 9.47 Å². The number of aryl methyl sites for hydroxylation is 2. The molecule has 1 aliphatic carbocycles. The van der Waals surface area contributed by atoms with E-state index in [2.05, 4.69) is 15.1 Å². The molecule has 2 heterocycles. The Kier molecular flexibility index (Phi) is 6.39. The summed E-state index contributed by atoms with van der Waals surface area (Å²) in [7, 11) is 1.60. The molecule has 3 aromatic rings. The molecule has 0 aliphatic heterocycles. The number of aliphatic carboxylic acids is 1. The maximum Gasteiger partial charge on any atom is 0.341 e. The third kappa shape index (κ3) is 4.59. The van der Waals surface area contributed by atoms with E-state index >= 15 is 0 Å². The second-order valence-electron chi connectivity index (χ2n) is 8.04. The van der Waals surface area contributed by atoms with Gasteiger partial charge < -0.3 is 19.1 Å². The van der Waals surface area contributed by atoms with Gasteiger partial charge in [-0.05, 0) is 55.5 Å². The molecule has 0 radical (unpaired) electrons. The molecule has 1 saturated carbocycles. The second-order valence-corrected chi connectivity index (χ2v) is 8.04. The fraction of sp³-hybridized carbons (Fsp3) is 0.417. The van der Waals surface area contributed by atoms with Crippen LogP contribution >= 0.6 is 0 Å². The molecule has 0 bridgehead atoms. The normalized spacial score (nSPS) is 14.0. The standard InChI is InChI=1S/C24H27N3O5/c1-4-15-10-17(9-14(2)22(15)31-13-21(28)29)23-26-24(32-27-23)18-11-19(16-7-5-6-8-16)25-20(12-18)30-3/h9-12,16H,4-8,13H2,1-3H3,(H,28,29). The number of rotatable bonds is 8. The number of hydrogen-bond donors (Lipinski definition) is 1. The summed E-state index contributed by atoms with van der Waals surface area (Å²) in [5, 5.41) is 13.1. The van der Waals surface area contributed by atoms with Gasteiger partial charge in [0.1, 0.15) is 5.75 Å². The van der Waals surface area contributed by atoms with Crippen LogP contribution in [0.15, 0.2) is 28.8 Å². The van der Waals surface area contributed by atoms with E-state index in [1.54, 1.807) is 13.2 Å². The first-order valence-corrected chi connectivity index (χ1v) is 10.9. The highest BCUT2D eigenvalue weighted by Crippen LogP contribution is 2.36. The van der Waals surface area contributed by atoms with Gasteiger partial charge in [-0.3, -0.25) is 0 Å². The van der Waals surface area contributed by atoms with Crippen molar-refractivity contribution in [2.75, 3.05) is 13.7 Å². The number of hydrogen-bond acceptors (Lipinski definition) is 7. The molecular formula is C24H27N3O5. The van der Waals surface area contributed by atoms with Crippen molar-refractivity contribution < 1.29 is 23.9 Å². The minimum Gasteiger partial charge on any atom is -0.481 e. The molecule has 1 fully saturated rings. The number of carbonyl (C=O) groups is 1. The summed E-state index contributed by atoms with van der Waals surface area (Å²) in [6.45, 7) is 3.48. The smallest absolute Gasteiger partial charge is 0.341 e. The number of ether oxygens (including phenoxy) is 2. The van der Waals surface area contributed by atoms with Crippen LogP contribution in [0.25, 0.3) is 22.8 Å². The predicted octanol–water partition coefficient (Wildman–Crippen LogP) is 4.80. The summed E-state index contributed by atoms with van der Waals surface area (Å²) in [5.41, 5.74) is 4.28. The Labute approximate surface area is 186 Å². The lowest BCUT2D eigenvalue weighted by molar-refractivity contribution is -0.139. The summed E-state index contributed by atoms with van der Waals surface area (Å²) in [6.07, 6.45) is 5.37. The lowest BCUT2D eigenvalue weighted by Gasteiger charge is -2.13. The molecule has 0 saturated heterocycles. The Bertz CT molecular complexity index is 1120. The van der Waals surface area contributed by atoms with E-state index < -0.39 is 5.97 Å². The average Bonchev–Trinajstić information content (AvgIpc) is 3.50. The monoisotopic (exact) mass is 437 g/mol. The lowest BCUT2D eigenvalue weighted by atomic mass is 10.0. The first kappa shape index (κ1) is 21.8. The summed E-state index contributed by atoms with van der Waals surface area (Å²) in [6, 6.07) is 7.61. The molecule has 4 rings (SSSR count). The zero-order valence-corrected chi connectivity index (χ0v) is 18.6. The van der Waals surface area contributed by atoms with Crippen molar-refractivity contribution in [1.29, 1.82) is 0 Å². The van der Waals surface area contributed by atoms with E-state index in [0.717, 1.165) is 40.8 Å². The number of benzene rings is 1. The van der Waals surface area contributed by atoms with Crippen LogP contribution in [0.3, 0.4) is 0 Å². The lowest BCUT2D eigenvalue weighted by Crippen LogP contribution is -2.11. The van der Waals surface area contributed by atoms with Gasteiger partial charge in [-0.2, -0.15) is 4.98 Å². The minimum atomic E-state index is -1.01. The largest absolute Gasteiger partial charge is 0.481 e. The van der Waals surface area contributed by atoms with Gasteiger partial charge in [-0.25, -0.2) is 9.78 Å². The van der Waals surface area contributed by atoms with Gasteiger partial charge in [0.15, 0.2) is 6.61 Å². The first-order valence-electron chi connectivity index (χ1n) is 10.9. The second kappa shape index (κ2) is 9.38. The maximum absolute atomic E-state index is 10.9. The predicted molar refractivity (Wildman–Crippen MR) is 118 cm³/mol. The molecule has 0 atom stereocenters. The molecule has 1 aromatic carbocycles. The van der Waals surface area contributed by atoms with Crippen LogP contribution in [0.4, 0.5) is 0 Å². The Morgan fingerprint density at radius 2 is 1.94 bits per heavy atom. The first-order chi connectivity index (χ1) is 15.5. The van der Waals surface area contributed by atoms with Crippen molar-refractivity contribution in [2.45, 2.75) is 51.9 Å². The zero-order valence-electron chi connectivity index (χ0n) is 18.6. The van der Waals surface area contributed by atoms with Crippen LogP contribution in [0, 0.1) is 6.92 Å². The van der Waals surface area contributed by atoms with Gasteiger partial charge >= 0.3 is 5.97 Å². The van der Waals surface area contributed by atoms with E-state index in [1.807, 2.05) is 32.0 Å². The quantitative estimate of drug-likeness (QED) is 0.535. The van der Waals surface area contributed by atoms with Crippen LogP contribution in [0.1, 0.15) is 55.3 Å². The maximum atomic E-state index is 10.9. The highest BCUT2D eigenvalue weighted by molar-refractivity contribution is 5.69. The average molecular weight is 437 g/mol. The van der Waals surface area contributed by atoms with Gasteiger partial charge in [0.25, 0.3) is 5.89 Å². The van der Waals surface area contributed by atoms with Crippen molar-refractivity contribution in [2.24, 2.45) is 0 Å². The summed E-state index contributed by atoms with van der Waals surface area (Å²) >= 11 is 0. The van der Waals surface area contributed by atoms with Gasteiger partial charge in [0.05, 0.1) is 7.11 Å². The van der Waals surface area contributed by atoms with E-state index in [-0.39, 0.29) is 6.61 Å². The summed E-state index contributed by atoms with van der Waals surface area (Å²) in [5.74, 6) is 1.40. The van der Waals surface area contributed by atoms with Crippen molar-refractivity contribution in [3.63, 3.8) is 0 Å². The molecule has 0 amide bonds.